The minimum absolute atomic E-state index is 0.316. The molecule has 0 atom stereocenters. The fourth-order valence-corrected chi connectivity index (χ4v) is 2.20. The molecule has 0 fully saturated rings. The van der Waals surface area contributed by atoms with E-state index >= 15 is 0 Å². The zero-order chi connectivity index (χ0) is 16.6. The second-order valence-electron chi connectivity index (χ2n) is 4.67. The molecule has 0 aliphatic heterocycles. The lowest BCUT2D eigenvalue weighted by Crippen LogP contribution is -2.31. The van der Waals surface area contributed by atoms with E-state index in [2.05, 4.69) is 4.98 Å². The first-order valence-corrected chi connectivity index (χ1v) is 7.43. The van der Waals surface area contributed by atoms with Gasteiger partial charge in [-0.3, -0.25) is 4.98 Å². The SMILES string of the molecule is CCOC(=O)/C(C)=C/CCC(OC)(OC)c1cc(Cl)ccn1. The number of pyridine rings is 1. The summed E-state index contributed by atoms with van der Waals surface area (Å²) in [5.74, 6) is -1.32. The molecule has 6 heteroatoms. The molecular formula is C16H22ClNO4. The molecule has 122 valence electrons. The highest BCUT2D eigenvalue weighted by Crippen LogP contribution is 2.31. The third-order valence-corrected chi connectivity index (χ3v) is 3.53. The van der Waals surface area contributed by atoms with Crippen LogP contribution in [0, 0.1) is 0 Å². The Morgan fingerprint density at radius 3 is 2.64 bits per heavy atom. The summed E-state index contributed by atoms with van der Waals surface area (Å²) in [6, 6.07) is 3.39. The number of halogens is 1. The van der Waals surface area contributed by atoms with Gasteiger partial charge in [-0.05, 0) is 32.4 Å². The predicted molar refractivity (Wildman–Crippen MR) is 84.6 cm³/mol. The first kappa shape index (κ1) is 18.6. The van der Waals surface area contributed by atoms with E-state index < -0.39 is 5.79 Å². The van der Waals surface area contributed by atoms with Crippen LogP contribution in [0.2, 0.25) is 5.02 Å². The molecule has 1 aromatic heterocycles. The maximum atomic E-state index is 11.6. The van der Waals surface area contributed by atoms with Crippen molar-refractivity contribution in [3.05, 3.63) is 40.7 Å². The van der Waals surface area contributed by atoms with Gasteiger partial charge in [0.15, 0.2) is 0 Å². The molecular weight excluding hydrogens is 306 g/mol. The summed E-state index contributed by atoms with van der Waals surface area (Å²) in [7, 11) is 3.10. The maximum Gasteiger partial charge on any atom is 0.333 e. The van der Waals surface area contributed by atoms with Gasteiger partial charge in [-0.15, -0.1) is 0 Å². The van der Waals surface area contributed by atoms with Crippen LogP contribution in [0.5, 0.6) is 0 Å². The van der Waals surface area contributed by atoms with Crippen LogP contribution in [-0.4, -0.2) is 31.8 Å². The Morgan fingerprint density at radius 2 is 2.09 bits per heavy atom. The highest BCUT2D eigenvalue weighted by Gasteiger charge is 2.33. The Kier molecular flexibility index (Phi) is 7.51. The molecule has 5 nitrogen and oxygen atoms in total. The van der Waals surface area contributed by atoms with E-state index in [-0.39, 0.29) is 5.97 Å². The zero-order valence-electron chi connectivity index (χ0n) is 13.4. The fraction of sp³-hybridized carbons (Fsp3) is 0.500. The molecule has 1 heterocycles. The van der Waals surface area contributed by atoms with E-state index in [0.717, 1.165) is 0 Å². The summed E-state index contributed by atoms with van der Waals surface area (Å²) in [5.41, 5.74) is 1.15. The average molecular weight is 328 g/mol. The lowest BCUT2D eigenvalue weighted by Gasteiger charge is -2.30. The van der Waals surface area contributed by atoms with Crippen LogP contribution in [0.25, 0.3) is 0 Å². The van der Waals surface area contributed by atoms with E-state index in [0.29, 0.717) is 35.7 Å². The third-order valence-electron chi connectivity index (χ3n) is 3.29. The van der Waals surface area contributed by atoms with Gasteiger partial charge in [0.25, 0.3) is 0 Å². The quantitative estimate of drug-likeness (QED) is 0.415. The number of nitrogens with zero attached hydrogens (tertiary/aromatic N) is 1. The molecule has 0 aromatic carbocycles. The number of hydrogen-bond donors (Lipinski definition) is 0. The second-order valence-corrected chi connectivity index (χ2v) is 5.10. The van der Waals surface area contributed by atoms with Gasteiger partial charge in [0, 0.05) is 37.4 Å². The van der Waals surface area contributed by atoms with Crippen molar-refractivity contribution in [3.63, 3.8) is 0 Å². The van der Waals surface area contributed by atoms with Crippen LogP contribution in [0.15, 0.2) is 30.0 Å². The molecule has 1 aromatic rings. The lowest BCUT2D eigenvalue weighted by molar-refractivity contribution is -0.222. The van der Waals surface area contributed by atoms with Gasteiger partial charge >= 0.3 is 5.97 Å². The lowest BCUT2D eigenvalue weighted by atomic mass is 10.0. The standard InChI is InChI=1S/C16H22ClNO4/c1-5-22-15(19)12(2)7-6-9-16(20-3,21-4)14-11-13(17)8-10-18-14/h7-8,10-11H,5-6,9H2,1-4H3/b12-7+. The molecule has 0 unspecified atom stereocenters. The van der Waals surface area contributed by atoms with Crippen molar-refractivity contribution in [2.45, 2.75) is 32.5 Å². The molecule has 0 N–H and O–H groups in total. The number of hydrogen-bond acceptors (Lipinski definition) is 5. The smallest absolute Gasteiger partial charge is 0.333 e. The predicted octanol–water partition coefficient (Wildman–Crippen LogP) is 3.47. The third kappa shape index (κ3) is 4.80. The summed E-state index contributed by atoms with van der Waals surface area (Å²) in [4.78, 5) is 15.8. The summed E-state index contributed by atoms with van der Waals surface area (Å²) >= 11 is 6.00. The van der Waals surface area contributed by atoms with Gasteiger partial charge in [0.1, 0.15) is 5.69 Å². The first-order chi connectivity index (χ1) is 10.5. The summed E-state index contributed by atoms with van der Waals surface area (Å²) in [5, 5.41) is 0.557. The molecule has 0 radical (unpaired) electrons. The molecule has 0 saturated heterocycles. The van der Waals surface area contributed by atoms with Gasteiger partial charge < -0.3 is 14.2 Å². The summed E-state index contributed by atoms with van der Waals surface area (Å²) < 4.78 is 16.0. The minimum atomic E-state index is -1.00. The monoisotopic (exact) mass is 327 g/mol. The van der Waals surface area contributed by atoms with Crippen LogP contribution in [-0.2, 0) is 24.8 Å². The molecule has 0 aliphatic carbocycles. The van der Waals surface area contributed by atoms with Crippen LogP contribution >= 0.6 is 11.6 Å². The Bertz CT molecular complexity index is 527. The van der Waals surface area contributed by atoms with Gasteiger partial charge in [0.2, 0.25) is 5.79 Å². The number of carbonyl (C=O) groups excluding carboxylic acids is 1. The van der Waals surface area contributed by atoms with Crippen molar-refractivity contribution < 1.29 is 19.0 Å². The van der Waals surface area contributed by atoms with Crippen molar-refractivity contribution >= 4 is 17.6 Å². The first-order valence-electron chi connectivity index (χ1n) is 7.05. The van der Waals surface area contributed by atoms with E-state index in [9.17, 15) is 4.79 Å². The Morgan fingerprint density at radius 1 is 1.41 bits per heavy atom. The van der Waals surface area contributed by atoms with Crippen molar-refractivity contribution in [2.75, 3.05) is 20.8 Å². The number of carbonyl (C=O) groups is 1. The van der Waals surface area contributed by atoms with Gasteiger partial charge in [-0.1, -0.05) is 17.7 Å². The molecule has 0 spiro atoms. The molecule has 0 aliphatic rings. The topological polar surface area (TPSA) is 57.7 Å². The highest BCUT2D eigenvalue weighted by molar-refractivity contribution is 6.30. The number of ether oxygens (including phenoxy) is 3. The van der Waals surface area contributed by atoms with Gasteiger partial charge in [-0.2, -0.15) is 0 Å². The second kappa shape index (κ2) is 8.88. The van der Waals surface area contributed by atoms with Crippen molar-refractivity contribution in [3.8, 4) is 0 Å². The Balaban J connectivity index is 2.85. The number of rotatable bonds is 8. The number of allylic oxidation sites excluding steroid dienone is 1. The Labute approximate surface area is 136 Å². The molecule has 0 saturated carbocycles. The van der Waals surface area contributed by atoms with Crippen LogP contribution < -0.4 is 0 Å². The maximum absolute atomic E-state index is 11.6. The van der Waals surface area contributed by atoms with E-state index in [4.69, 9.17) is 25.8 Å². The van der Waals surface area contributed by atoms with E-state index in [1.165, 1.54) is 0 Å². The largest absolute Gasteiger partial charge is 0.463 e. The normalized spacial score (nSPS) is 12.3. The van der Waals surface area contributed by atoms with E-state index in [1.54, 1.807) is 52.5 Å². The number of esters is 1. The molecule has 22 heavy (non-hydrogen) atoms. The van der Waals surface area contributed by atoms with Gasteiger partial charge in [0.05, 0.1) is 6.61 Å². The van der Waals surface area contributed by atoms with Crippen LogP contribution in [0.4, 0.5) is 0 Å². The van der Waals surface area contributed by atoms with Crippen LogP contribution in [0.3, 0.4) is 0 Å². The van der Waals surface area contributed by atoms with Crippen molar-refractivity contribution in [1.82, 2.24) is 4.98 Å². The number of methoxy groups -OCH3 is 2. The average Bonchev–Trinajstić information content (AvgIpc) is 2.52. The highest BCUT2D eigenvalue weighted by atomic mass is 35.5. The summed E-state index contributed by atoms with van der Waals surface area (Å²) in [6.07, 6.45) is 4.46. The molecule has 0 amide bonds. The summed E-state index contributed by atoms with van der Waals surface area (Å²) in [6.45, 7) is 3.85. The van der Waals surface area contributed by atoms with Crippen LogP contribution in [0.1, 0.15) is 32.4 Å². The number of aromatic nitrogens is 1. The van der Waals surface area contributed by atoms with E-state index in [1.807, 2.05) is 0 Å². The fourth-order valence-electron chi connectivity index (χ4n) is 2.04. The van der Waals surface area contributed by atoms with Crippen molar-refractivity contribution in [1.29, 1.82) is 0 Å². The zero-order valence-corrected chi connectivity index (χ0v) is 14.1. The molecule has 1 rings (SSSR count). The molecule has 0 bridgehead atoms. The minimum Gasteiger partial charge on any atom is -0.463 e. The van der Waals surface area contributed by atoms with Crippen molar-refractivity contribution in [2.24, 2.45) is 0 Å². The van der Waals surface area contributed by atoms with Gasteiger partial charge in [-0.25, -0.2) is 4.79 Å². The Hall–Kier alpha value is -1.43.